The van der Waals surface area contributed by atoms with Crippen LogP contribution in [0.5, 0.6) is 0 Å². The van der Waals surface area contributed by atoms with Crippen molar-refractivity contribution in [2.24, 2.45) is 0 Å². The van der Waals surface area contributed by atoms with E-state index in [2.05, 4.69) is 57.2 Å². The fraction of sp³-hybridized carbons (Fsp3) is 0.868. The smallest absolute Gasteiger partial charge is 0.306 e. The zero-order chi connectivity index (χ0) is 53.6. The summed E-state index contributed by atoms with van der Waals surface area (Å²) in [5.41, 5.74) is 0. The standard InChI is InChI=1S/C68H126O6/c1-4-7-10-13-16-19-22-25-28-31-34-37-40-43-46-49-52-55-58-61-67(70)73-64-65(63-72-66(69)60-57-54-51-48-45-42-39-36-33-30-27-24-21-18-15-12-9-6-3)74-68(71)62-59-56-53-50-47-44-41-38-35-32-29-26-23-20-17-14-11-8-5-2/h16,19,25-26,28-29,65H,4-15,17-18,20-24,27,30-64H2,1-3H3/b19-16-,28-25-,29-26-. The Morgan fingerprint density at radius 3 is 0.784 bits per heavy atom. The van der Waals surface area contributed by atoms with Crippen molar-refractivity contribution in [1.29, 1.82) is 0 Å². The van der Waals surface area contributed by atoms with Gasteiger partial charge in [-0.2, -0.15) is 0 Å². The van der Waals surface area contributed by atoms with Crippen molar-refractivity contribution in [1.82, 2.24) is 0 Å². The molecule has 0 bridgehead atoms. The number of hydrogen-bond donors (Lipinski definition) is 0. The average molecular weight is 1040 g/mol. The molecule has 0 radical (unpaired) electrons. The van der Waals surface area contributed by atoms with Crippen molar-refractivity contribution >= 4 is 17.9 Å². The predicted octanol–water partition coefficient (Wildman–Crippen LogP) is 22.4. The molecule has 0 aliphatic heterocycles. The molecule has 0 aliphatic carbocycles. The first-order chi connectivity index (χ1) is 36.5. The van der Waals surface area contributed by atoms with Crippen LogP contribution in [0, 0.1) is 0 Å². The maximum Gasteiger partial charge on any atom is 0.306 e. The highest BCUT2D eigenvalue weighted by Crippen LogP contribution is 2.18. The van der Waals surface area contributed by atoms with Crippen LogP contribution in [0.25, 0.3) is 0 Å². The van der Waals surface area contributed by atoms with Crippen LogP contribution in [0.4, 0.5) is 0 Å². The summed E-state index contributed by atoms with van der Waals surface area (Å²) >= 11 is 0. The van der Waals surface area contributed by atoms with Crippen LogP contribution < -0.4 is 0 Å². The van der Waals surface area contributed by atoms with Gasteiger partial charge in [-0.05, 0) is 77.0 Å². The quantitative estimate of drug-likeness (QED) is 0.0261. The van der Waals surface area contributed by atoms with E-state index in [1.807, 2.05) is 0 Å². The molecule has 6 heteroatoms. The zero-order valence-electron chi connectivity index (χ0n) is 49.9. The van der Waals surface area contributed by atoms with Crippen LogP contribution in [-0.4, -0.2) is 37.2 Å². The van der Waals surface area contributed by atoms with E-state index < -0.39 is 6.10 Å². The first-order valence-corrected chi connectivity index (χ1v) is 33.0. The SMILES string of the molecule is CCCCC/C=C\C/C=C\CCCCCCCCCCCC(=O)OCC(COC(=O)CCCCCCCCCCCCCCCCCCCC)OC(=O)CCCCCCCCCCC/C=C\CCCCCCCC. The number of carbonyl (C=O) groups excluding carboxylic acids is 3. The lowest BCUT2D eigenvalue weighted by atomic mass is 10.0. The van der Waals surface area contributed by atoms with E-state index in [9.17, 15) is 14.4 Å². The van der Waals surface area contributed by atoms with Crippen molar-refractivity contribution in [3.8, 4) is 0 Å². The van der Waals surface area contributed by atoms with Gasteiger partial charge >= 0.3 is 17.9 Å². The third-order valence-corrected chi connectivity index (χ3v) is 14.9. The number of ether oxygens (including phenoxy) is 3. The van der Waals surface area contributed by atoms with Crippen molar-refractivity contribution in [3.05, 3.63) is 36.5 Å². The fourth-order valence-corrected chi connectivity index (χ4v) is 9.88. The Labute approximate surface area is 461 Å². The number of esters is 3. The van der Waals surface area contributed by atoms with Gasteiger partial charge in [-0.1, -0.05) is 301 Å². The van der Waals surface area contributed by atoms with Gasteiger partial charge < -0.3 is 14.2 Å². The Balaban J connectivity index is 4.33. The Morgan fingerprint density at radius 1 is 0.270 bits per heavy atom. The Bertz CT molecular complexity index is 1240. The molecule has 0 aromatic rings. The van der Waals surface area contributed by atoms with Gasteiger partial charge in [0.25, 0.3) is 0 Å². The number of unbranched alkanes of at least 4 members (excludes halogenated alkanes) is 44. The monoisotopic (exact) mass is 1040 g/mol. The van der Waals surface area contributed by atoms with E-state index in [0.717, 1.165) is 64.2 Å². The Morgan fingerprint density at radius 2 is 0.486 bits per heavy atom. The summed E-state index contributed by atoms with van der Waals surface area (Å²) < 4.78 is 17.0. The van der Waals surface area contributed by atoms with E-state index in [0.29, 0.717) is 19.3 Å². The van der Waals surface area contributed by atoms with Crippen LogP contribution in [0.1, 0.15) is 361 Å². The molecule has 74 heavy (non-hydrogen) atoms. The zero-order valence-corrected chi connectivity index (χ0v) is 49.9. The maximum atomic E-state index is 12.9. The van der Waals surface area contributed by atoms with E-state index in [1.165, 1.54) is 257 Å². The second-order valence-electron chi connectivity index (χ2n) is 22.4. The highest BCUT2D eigenvalue weighted by molar-refractivity contribution is 5.71. The van der Waals surface area contributed by atoms with Crippen LogP contribution in [0.2, 0.25) is 0 Å². The van der Waals surface area contributed by atoms with Crippen LogP contribution >= 0.6 is 0 Å². The fourth-order valence-electron chi connectivity index (χ4n) is 9.88. The third-order valence-electron chi connectivity index (χ3n) is 14.9. The van der Waals surface area contributed by atoms with E-state index in [-0.39, 0.29) is 31.1 Å². The topological polar surface area (TPSA) is 78.9 Å². The molecule has 0 fully saturated rings. The van der Waals surface area contributed by atoms with Gasteiger partial charge in [0, 0.05) is 19.3 Å². The van der Waals surface area contributed by atoms with Crippen LogP contribution in [0.3, 0.4) is 0 Å². The summed E-state index contributed by atoms with van der Waals surface area (Å²) in [7, 11) is 0. The van der Waals surface area contributed by atoms with Gasteiger partial charge in [0.15, 0.2) is 6.10 Å². The summed E-state index contributed by atoms with van der Waals surface area (Å²) in [5.74, 6) is -0.850. The first kappa shape index (κ1) is 71.6. The second-order valence-corrected chi connectivity index (χ2v) is 22.4. The number of allylic oxidation sites excluding steroid dienone is 6. The molecule has 0 spiro atoms. The lowest BCUT2D eigenvalue weighted by molar-refractivity contribution is -0.167. The lowest BCUT2D eigenvalue weighted by Gasteiger charge is -2.18. The first-order valence-electron chi connectivity index (χ1n) is 33.0. The molecule has 434 valence electrons. The molecule has 0 saturated carbocycles. The van der Waals surface area contributed by atoms with Gasteiger partial charge in [-0.25, -0.2) is 0 Å². The van der Waals surface area contributed by atoms with Crippen LogP contribution in [-0.2, 0) is 28.6 Å². The van der Waals surface area contributed by atoms with Gasteiger partial charge in [0.1, 0.15) is 13.2 Å². The maximum absolute atomic E-state index is 12.9. The molecule has 6 nitrogen and oxygen atoms in total. The molecule has 0 aromatic carbocycles. The molecule has 0 amide bonds. The Kier molecular flexibility index (Phi) is 61.1. The van der Waals surface area contributed by atoms with Crippen LogP contribution in [0.15, 0.2) is 36.5 Å². The van der Waals surface area contributed by atoms with Gasteiger partial charge in [-0.15, -0.1) is 0 Å². The normalized spacial score (nSPS) is 12.2. The highest BCUT2D eigenvalue weighted by Gasteiger charge is 2.19. The molecule has 0 heterocycles. The van der Waals surface area contributed by atoms with Gasteiger partial charge in [0.05, 0.1) is 0 Å². The molecular formula is C68H126O6. The second kappa shape index (κ2) is 63.2. The van der Waals surface area contributed by atoms with Crippen molar-refractivity contribution in [2.45, 2.75) is 367 Å². The minimum absolute atomic E-state index is 0.0695. The highest BCUT2D eigenvalue weighted by atomic mass is 16.6. The molecule has 0 saturated heterocycles. The summed E-state index contributed by atoms with van der Waals surface area (Å²) in [6, 6.07) is 0. The molecule has 0 aromatic heterocycles. The molecule has 1 atom stereocenters. The molecule has 1 unspecified atom stereocenters. The van der Waals surface area contributed by atoms with E-state index in [1.54, 1.807) is 0 Å². The predicted molar refractivity (Wildman–Crippen MR) is 321 cm³/mol. The molecule has 0 N–H and O–H groups in total. The summed E-state index contributed by atoms with van der Waals surface area (Å²) in [6.07, 6.45) is 77.2. The number of hydrogen-bond acceptors (Lipinski definition) is 6. The van der Waals surface area contributed by atoms with Crippen molar-refractivity contribution in [2.75, 3.05) is 13.2 Å². The summed E-state index contributed by atoms with van der Waals surface area (Å²) in [4.78, 5) is 38.4. The molecular weight excluding hydrogens is 913 g/mol. The largest absolute Gasteiger partial charge is 0.462 e. The summed E-state index contributed by atoms with van der Waals surface area (Å²) in [6.45, 7) is 6.67. The lowest BCUT2D eigenvalue weighted by Crippen LogP contribution is -2.30. The minimum atomic E-state index is -0.773. The summed E-state index contributed by atoms with van der Waals surface area (Å²) in [5, 5.41) is 0. The average Bonchev–Trinajstić information content (AvgIpc) is 3.40. The van der Waals surface area contributed by atoms with Crippen molar-refractivity contribution in [3.63, 3.8) is 0 Å². The van der Waals surface area contributed by atoms with E-state index in [4.69, 9.17) is 14.2 Å². The Hall–Kier alpha value is -2.37. The van der Waals surface area contributed by atoms with Gasteiger partial charge in [-0.3, -0.25) is 14.4 Å². The number of carbonyl (C=O) groups is 3. The van der Waals surface area contributed by atoms with Gasteiger partial charge in [0.2, 0.25) is 0 Å². The molecule has 0 rings (SSSR count). The third kappa shape index (κ3) is 60.5. The van der Waals surface area contributed by atoms with E-state index >= 15 is 0 Å². The number of rotatable bonds is 61. The minimum Gasteiger partial charge on any atom is -0.462 e. The van der Waals surface area contributed by atoms with Crippen molar-refractivity contribution < 1.29 is 28.6 Å². The molecule has 0 aliphatic rings.